The first-order valence-corrected chi connectivity index (χ1v) is 9.24. The van der Waals surface area contributed by atoms with E-state index in [0.717, 1.165) is 25.9 Å². The van der Waals surface area contributed by atoms with Crippen LogP contribution in [0.1, 0.15) is 44.2 Å². The zero-order valence-electron chi connectivity index (χ0n) is 14.4. The lowest BCUT2D eigenvalue weighted by Crippen LogP contribution is -2.41. The van der Waals surface area contributed by atoms with Crippen LogP contribution < -0.4 is 5.32 Å². The summed E-state index contributed by atoms with van der Waals surface area (Å²) in [5.74, 6) is 0.501. The highest BCUT2D eigenvalue weighted by Gasteiger charge is 2.31. The standard InChI is InChI=1S/C21H26N2O/c1-15(18-7-6-16-4-2-3-5-19(16)14-18)23-12-10-17(11-13-23)21(24)22-20-8-9-20/h2-7,14-15,17,20H,8-13H2,1H3,(H,22,24)/t15-/m1/s1. The summed E-state index contributed by atoms with van der Waals surface area (Å²) in [6.45, 7) is 4.31. The van der Waals surface area contributed by atoms with Gasteiger partial charge in [0.15, 0.2) is 0 Å². The molecular formula is C21H26N2O. The molecule has 3 heteroatoms. The molecule has 1 aliphatic carbocycles. The quantitative estimate of drug-likeness (QED) is 0.926. The van der Waals surface area contributed by atoms with Gasteiger partial charge < -0.3 is 5.32 Å². The molecule has 1 heterocycles. The highest BCUT2D eigenvalue weighted by molar-refractivity contribution is 5.83. The molecule has 1 aliphatic heterocycles. The zero-order valence-corrected chi connectivity index (χ0v) is 14.4. The van der Waals surface area contributed by atoms with Crippen molar-refractivity contribution < 1.29 is 4.79 Å². The molecule has 2 fully saturated rings. The van der Waals surface area contributed by atoms with Gasteiger partial charge in [-0.15, -0.1) is 0 Å². The second-order valence-electron chi connectivity index (χ2n) is 7.38. The van der Waals surface area contributed by atoms with Crippen molar-refractivity contribution in [3.63, 3.8) is 0 Å². The van der Waals surface area contributed by atoms with Crippen LogP contribution in [0.3, 0.4) is 0 Å². The number of hydrogen-bond donors (Lipinski definition) is 1. The number of likely N-dealkylation sites (tertiary alicyclic amines) is 1. The number of nitrogens with one attached hydrogen (secondary N) is 1. The van der Waals surface area contributed by atoms with Crippen molar-refractivity contribution in [2.45, 2.75) is 44.7 Å². The molecule has 0 bridgehead atoms. The Morgan fingerprint density at radius 3 is 2.46 bits per heavy atom. The van der Waals surface area contributed by atoms with Crippen LogP contribution >= 0.6 is 0 Å². The summed E-state index contributed by atoms with van der Waals surface area (Å²) >= 11 is 0. The molecule has 0 unspecified atom stereocenters. The van der Waals surface area contributed by atoms with E-state index in [9.17, 15) is 4.79 Å². The molecule has 0 spiro atoms. The maximum Gasteiger partial charge on any atom is 0.223 e. The maximum atomic E-state index is 12.2. The number of fused-ring (bicyclic) bond motifs is 1. The molecule has 2 aliphatic rings. The Labute approximate surface area is 144 Å². The Bertz CT molecular complexity index is 729. The van der Waals surface area contributed by atoms with E-state index in [4.69, 9.17) is 0 Å². The van der Waals surface area contributed by atoms with E-state index in [1.807, 2.05) is 0 Å². The predicted octanol–water partition coefficient (Wildman–Crippen LogP) is 3.89. The third-order valence-corrected chi connectivity index (χ3v) is 5.63. The van der Waals surface area contributed by atoms with Gasteiger partial charge in [-0.25, -0.2) is 0 Å². The summed E-state index contributed by atoms with van der Waals surface area (Å²) < 4.78 is 0. The lowest BCUT2D eigenvalue weighted by atomic mass is 9.93. The number of piperidine rings is 1. The summed E-state index contributed by atoms with van der Waals surface area (Å²) in [4.78, 5) is 14.7. The zero-order chi connectivity index (χ0) is 16.5. The first kappa shape index (κ1) is 15.6. The first-order chi connectivity index (χ1) is 11.7. The molecule has 1 atom stereocenters. The smallest absolute Gasteiger partial charge is 0.223 e. The van der Waals surface area contributed by atoms with E-state index in [2.05, 4.69) is 59.6 Å². The van der Waals surface area contributed by atoms with Gasteiger partial charge in [0.05, 0.1) is 0 Å². The fraction of sp³-hybridized carbons (Fsp3) is 0.476. The summed E-state index contributed by atoms with van der Waals surface area (Å²) in [6, 6.07) is 16.2. The monoisotopic (exact) mass is 322 g/mol. The second-order valence-corrected chi connectivity index (χ2v) is 7.38. The minimum absolute atomic E-state index is 0.214. The van der Waals surface area contributed by atoms with E-state index in [1.165, 1.54) is 29.2 Å². The number of nitrogens with zero attached hydrogens (tertiary/aromatic N) is 1. The van der Waals surface area contributed by atoms with Gasteiger partial charge in [-0.3, -0.25) is 9.69 Å². The van der Waals surface area contributed by atoms with Crippen LogP contribution in [0.5, 0.6) is 0 Å². The van der Waals surface area contributed by atoms with E-state index < -0.39 is 0 Å². The van der Waals surface area contributed by atoms with Gasteiger partial charge in [-0.2, -0.15) is 0 Å². The first-order valence-electron chi connectivity index (χ1n) is 9.24. The molecule has 1 N–H and O–H groups in total. The highest BCUT2D eigenvalue weighted by atomic mass is 16.2. The molecule has 1 amide bonds. The molecule has 0 radical (unpaired) electrons. The topological polar surface area (TPSA) is 32.3 Å². The summed E-state index contributed by atoms with van der Waals surface area (Å²) in [5, 5.41) is 5.76. The van der Waals surface area contributed by atoms with Crippen LogP contribution in [0.25, 0.3) is 10.8 Å². The normalized spacial score (nSPS) is 20.9. The van der Waals surface area contributed by atoms with Crippen LogP contribution in [0.2, 0.25) is 0 Å². The third kappa shape index (κ3) is 3.32. The van der Waals surface area contributed by atoms with Gasteiger partial charge in [0, 0.05) is 18.0 Å². The molecule has 1 saturated carbocycles. The lowest BCUT2D eigenvalue weighted by molar-refractivity contribution is -0.126. The predicted molar refractivity (Wildman–Crippen MR) is 97.8 cm³/mol. The van der Waals surface area contributed by atoms with Gasteiger partial charge in [0.25, 0.3) is 0 Å². The average Bonchev–Trinajstić information content (AvgIpc) is 3.45. The van der Waals surface area contributed by atoms with Gasteiger partial charge in [0.1, 0.15) is 0 Å². The number of amides is 1. The average molecular weight is 322 g/mol. The Morgan fingerprint density at radius 1 is 1.04 bits per heavy atom. The van der Waals surface area contributed by atoms with E-state index >= 15 is 0 Å². The maximum absolute atomic E-state index is 12.2. The lowest BCUT2D eigenvalue weighted by Gasteiger charge is -2.35. The van der Waals surface area contributed by atoms with Crippen LogP contribution in [-0.2, 0) is 4.79 Å². The van der Waals surface area contributed by atoms with Gasteiger partial charge in [-0.05, 0) is 68.1 Å². The van der Waals surface area contributed by atoms with E-state index in [-0.39, 0.29) is 11.8 Å². The van der Waals surface area contributed by atoms with Crippen molar-refractivity contribution in [1.29, 1.82) is 0 Å². The molecule has 2 aromatic rings. The largest absolute Gasteiger partial charge is 0.353 e. The third-order valence-electron chi connectivity index (χ3n) is 5.63. The van der Waals surface area contributed by atoms with Crippen molar-refractivity contribution in [3.8, 4) is 0 Å². The minimum Gasteiger partial charge on any atom is -0.353 e. The van der Waals surface area contributed by atoms with E-state index in [0.29, 0.717) is 12.1 Å². The Hall–Kier alpha value is -1.87. The van der Waals surface area contributed by atoms with Crippen molar-refractivity contribution in [3.05, 3.63) is 48.0 Å². The molecule has 0 aromatic heterocycles. The minimum atomic E-state index is 0.214. The SMILES string of the molecule is C[C@H](c1ccc2ccccc2c1)N1CCC(C(=O)NC2CC2)CC1. The van der Waals surface area contributed by atoms with Crippen LogP contribution in [0.15, 0.2) is 42.5 Å². The van der Waals surface area contributed by atoms with Crippen LogP contribution in [0, 0.1) is 5.92 Å². The molecule has 3 nitrogen and oxygen atoms in total. The number of carbonyl (C=O) groups excluding carboxylic acids is 1. The Kier molecular flexibility index (Phi) is 4.28. The van der Waals surface area contributed by atoms with E-state index in [1.54, 1.807) is 0 Å². The van der Waals surface area contributed by atoms with Crippen LogP contribution in [-0.4, -0.2) is 29.9 Å². The number of carbonyl (C=O) groups is 1. The molecule has 126 valence electrons. The fourth-order valence-corrected chi connectivity index (χ4v) is 3.77. The van der Waals surface area contributed by atoms with Gasteiger partial charge >= 0.3 is 0 Å². The van der Waals surface area contributed by atoms with Crippen molar-refractivity contribution in [2.24, 2.45) is 5.92 Å². The summed E-state index contributed by atoms with van der Waals surface area (Å²) in [6.07, 6.45) is 4.31. The highest BCUT2D eigenvalue weighted by Crippen LogP contribution is 2.29. The fourth-order valence-electron chi connectivity index (χ4n) is 3.77. The molecule has 24 heavy (non-hydrogen) atoms. The molecule has 2 aromatic carbocycles. The molecular weight excluding hydrogens is 296 g/mol. The van der Waals surface area contributed by atoms with Gasteiger partial charge in [0.2, 0.25) is 5.91 Å². The number of hydrogen-bond acceptors (Lipinski definition) is 2. The summed E-state index contributed by atoms with van der Waals surface area (Å²) in [5.41, 5.74) is 1.37. The Morgan fingerprint density at radius 2 is 1.75 bits per heavy atom. The van der Waals surface area contributed by atoms with Crippen molar-refractivity contribution in [2.75, 3.05) is 13.1 Å². The number of rotatable bonds is 4. The van der Waals surface area contributed by atoms with Crippen LogP contribution in [0.4, 0.5) is 0 Å². The van der Waals surface area contributed by atoms with Crippen molar-refractivity contribution >= 4 is 16.7 Å². The van der Waals surface area contributed by atoms with Crippen molar-refractivity contribution in [1.82, 2.24) is 10.2 Å². The second kappa shape index (κ2) is 6.56. The summed E-state index contributed by atoms with van der Waals surface area (Å²) in [7, 11) is 0. The number of benzene rings is 2. The molecule has 1 saturated heterocycles. The van der Waals surface area contributed by atoms with Gasteiger partial charge in [-0.1, -0.05) is 36.4 Å². The molecule has 4 rings (SSSR count). The Balaban J connectivity index is 1.39.